The van der Waals surface area contributed by atoms with Gasteiger partial charge in [0.1, 0.15) is 0 Å². The molecule has 0 amide bonds. The Morgan fingerprint density at radius 2 is 1.46 bits per heavy atom. The summed E-state index contributed by atoms with van der Waals surface area (Å²) in [5.41, 5.74) is 0. The maximum absolute atomic E-state index is 10.5. The van der Waals surface area contributed by atoms with E-state index in [-0.39, 0.29) is 15.7 Å². The smallest absolute Gasteiger partial charge is 0.463 e. The van der Waals surface area contributed by atoms with Crippen LogP contribution < -0.4 is 0 Å². The van der Waals surface area contributed by atoms with E-state index in [0.29, 0.717) is 26.4 Å². The van der Waals surface area contributed by atoms with E-state index in [1.165, 1.54) is 6.08 Å². The van der Waals surface area contributed by atoms with Crippen LogP contribution in [0.1, 0.15) is 48.0 Å². The fraction of sp³-hybridized carbons (Fsp3) is 0.722. The SMILES string of the molecule is C=CC(=O)OCCC[SiH2]OCC.CC=CC.CCO[SiH](OCC)OCC. The van der Waals surface area contributed by atoms with E-state index in [1.807, 2.05) is 53.7 Å². The predicted molar refractivity (Wildman–Crippen MR) is 113 cm³/mol. The van der Waals surface area contributed by atoms with E-state index in [9.17, 15) is 4.79 Å². The molecule has 0 aliphatic heterocycles. The van der Waals surface area contributed by atoms with Crippen molar-refractivity contribution in [3.05, 3.63) is 24.8 Å². The van der Waals surface area contributed by atoms with Crippen molar-refractivity contribution in [2.45, 2.75) is 54.0 Å². The molecule has 0 heterocycles. The zero-order chi connectivity index (χ0) is 20.5. The summed E-state index contributed by atoms with van der Waals surface area (Å²) < 4.78 is 25.7. The van der Waals surface area contributed by atoms with Crippen molar-refractivity contribution in [1.29, 1.82) is 0 Å². The Morgan fingerprint density at radius 1 is 0.962 bits per heavy atom. The number of allylic oxidation sites excluding steroid dienone is 2. The first-order valence-corrected chi connectivity index (χ1v) is 12.4. The van der Waals surface area contributed by atoms with Gasteiger partial charge in [-0.1, -0.05) is 18.7 Å². The normalized spacial score (nSPS) is 10.4. The number of carbonyl (C=O) groups excluding carboxylic acids is 1. The number of hydrogen-bond acceptors (Lipinski definition) is 6. The maximum Gasteiger partial charge on any atom is 0.484 e. The van der Waals surface area contributed by atoms with Crippen molar-refractivity contribution < 1.29 is 27.2 Å². The zero-order valence-electron chi connectivity index (χ0n) is 17.6. The summed E-state index contributed by atoms with van der Waals surface area (Å²) in [7, 11) is -2.09. The summed E-state index contributed by atoms with van der Waals surface area (Å²) in [6.45, 7) is 18.4. The summed E-state index contributed by atoms with van der Waals surface area (Å²) in [4.78, 5) is 10.5. The van der Waals surface area contributed by atoms with Gasteiger partial charge in [0.2, 0.25) is 0 Å². The first-order chi connectivity index (χ1) is 12.6. The van der Waals surface area contributed by atoms with Gasteiger partial charge in [-0.15, -0.1) is 0 Å². The highest BCUT2D eigenvalue weighted by Gasteiger charge is 2.11. The molecule has 0 aromatic rings. The van der Waals surface area contributed by atoms with Crippen molar-refractivity contribution in [2.24, 2.45) is 0 Å². The van der Waals surface area contributed by atoms with Crippen LogP contribution in [0.25, 0.3) is 0 Å². The van der Waals surface area contributed by atoms with Crippen molar-refractivity contribution in [1.82, 2.24) is 0 Å². The summed E-state index contributed by atoms with van der Waals surface area (Å²) in [6, 6.07) is 1.07. The number of hydrogen-bond donors (Lipinski definition) is 0. The van der Waals surface area contributed by atoms with Crippen molar-refractivity contribution in [3.8, 4) is 0 Å². The molecule has 0 radical (unpaired) electrons. The average molecular weight is 409 g/mol. The predicted octanol–water partition coefficient (Wildman–Crippen LogP) is 3.04. The molecule has 0 spiro atoms. The van der Waals surface area contributed by atoms with Crippen LogP contribution in [-0.4, -0.2) is 58.3 Å². The number of esters is 1. The fourth-order valence-electron chi connectivity index (χ4n) is 1.23. The number of ether oxygens (including phenoxy) is 1. The summed E-state index contributed by atoms with van der Waals surface area (Å²) in [6.07, 6.45) is 6.09. The van der Waals surface area contributed by atoms with Gasteiger partial charge in [-0.05, 0) is 54.0 Å². The van der Waals surface area contributed by atoms with Gasteiger partial charge in [-0.25, -0.2) is 4.79 Å². The minimum atomic E-state index is -1.73. The lowest BCUT2D eigenvalue weighted by molar-refractivity contribution is -0.137. The van der Waals surface area contributed by atoms with Gasteiger partial charge in [0.25, 0.3) is 0 Å². The molecule has 0 rings (SSSR count). The van der Waals surface area contributed by atoms with Crippen LogP contribution in [0.3, 0.4) is 0 Å². The standard InChI is InChI=1S/C8H16O3Si.C6H16O3Si.C4H8/c1-3-8(9)10-6-5-7-12-11-4-2;1-4-7-10(8-5-2)9-6-3;1-3-4-2/h3H,1,4-7,12H2,2H3;10H,4-6H2,1-3H3;3-4H,1-2H3. The molecule has 0 bridgehead atoms. The fourth-order valence-corrected chi connectivity index (χ4v) is 3.24. The monoisotopic (exact) mass is 408 g/mol. The van der Waals surface area contributed by atoms with Gasteiger partial charge >= 0.3 is 15.5 Å². The van der Waals surface area contributed by atoms with Crippen molar-refractivity contribution in [3.63, 3.8) is 0 Å². The van der Waals surface area contributed by atoms with E-state index < -0.39 is 9.53 Å². The molecule has 0 atom stereocenters. The second-order valence-electron chi connectivity index (χ2n) is 4.60. The molecule has 8 heteroatoms. The molecule has 0 aromatic carbocycles. The van der Waals surface area contributed by atoms with Gasteiger partial charge in [0, 0.05) is 32.5 Å². The Balaban J connectivity index is -0.000000341. The summed E-state index contributed by atoms with van der Waals surface area (Å²) in [5, 5.41) is 0. The third-order valence-electron chi connectivity index (χ3n) is 2.54. The molecule has 0 saturated carbocycles. The Labute approximate surface area is 164 Å². The summed E-state index contributed by atoms with van der Waals surface area (Å²) in [5.74, 6) is -0.340. The maximum atomic E-state index is 10.5. The van der Waals surface area contributed by atoms with Gasteiger partial charge < -0.3 is 22.4 Å². The molecule has 0 saturated heterocycles. The Morgan fingerprint density at radius 3 is 1.81 bits per heavy atom. The van der Waals surface area contributed by atoms with E-state index in [4.69, 9.17) is 22.4 Å². The van der Waals surface area contributed by atoms with Gasteiger partial charge in [-0.3, -0.25) is 0 Å². The molecule has 0 unspecified atom stereocenters. The number of carbonyl (C=O) groups is 1. The molecule has 0 aliphatic rings. The number of rotatable bonds is 13. The molecular formula is C18H40O6Si2. The molecule has 0 fully saturated rings. The van der Waals surface area contributed by atoms with E-state index in [0.717, 1.165) is 19.1 Å². The van der Waals surface area contributed by atoms with Crippen LogP contribution >= 0.6 is 0 Å². The first-order valence-electron chi connectivity index (χ1n) is 9.36. The summed E-state index contributed by atoms with van der Waals surface area (Å²) >= 11 is 0. The molecule has 0 N–H and O–H groups in total. The highest BCUT2D eigenvalue weighted by atomic mass is 28.3. The quantitative estimate of drug-likeness (QED) is 0.153. The molecule has 26 heavy (non-hydrogen) atoms. The van der Waals surface area contributed by atoms with E-state index >= 15 is 0 Å². The average Bonchev–Trinajstić information content (AvgIpc) is 2.65. The van der Waals surface area contributed by atoms with Crippen LogP contribution in [-0.2, 0) is 27.2 Å². The second kappa shape index (κ2) is 29.0. The lowest BCUT2D eigenvalue weighted by Gasteiger charge is -2.12. The van der Waals surface area contributed by atoms with Gasteiger partial charge in [0.05, 0.1) is 6.61 Å². The highest BCUT2D eigenvalue weighted by Crippen LogP contribution is 1.92. The van der Waals surface area contributed by atoms with Crippen molar-refractivity contribution in [2.75, 3.05) is 33.0 Å². The van der Waals surface area contributed by atoms with Crippen LogP contribution in [0.2, 0.25) is 6.04 Å². The van der Waals surface area contributed by atoms with Gasteiger partial charge in [0.15, 0.2) is 9.76 Å². The molecule has 156 valence electrons. The Bertz CT molecular complexity index is 296. The van der Waals surface area contributed by atoms with Crippen LogP contribution in [0.5, 0.6) is 0 Å². The third-order valence-corrected chi connectivity index (χ3v) is 5.84. The van der Waals surface area contributed by atoms with Crippen LogP contribution in [0, 0.1) is 0 Å². The topological polar surface area (TPSA) is 63.2 Å². The minimum Gasteiger partial charge on any atom is -0.463 e. The molecular weight excluding hydrogens is 368 g/mol. The van der Waals surface area contributed by atoms with Crippen LogP contribution in [0.4, 0.5) is 0 Å². The van der Waals surface area contributed by atoms with Crippen molar-refractivity contribution >= 4 is 25.3 Å². The third kappa shape index (κ3) is 31.0. The Hall–Kier alpha value is -0.776. The lowest BCUT2D eigenvalue weighted by atomic mass is 10.5. The highest BCUT2D eigenvalue weighted by molar-refractivity contribution is 6.36. The second-order valence-corrected chi connectivity index (χ2v) is 7.70. The van der Waals surface area contributed by atoms with Gasteiger partial charge in [-0.2, -0.15) is 0 Å². The lowest BCUT2D eigenvalue weighted by Crippen LogP contribution is -2.27. The molecule has 6 nitrogen and oxygen atoms in total. The largest absolute Gasteiger partial charge is 0.484 e. The van der Waals surface area contributed by atoms with Crippen LogP contribution in [0.15, 0.2) is 24.8 Å². The van der Waals surface area contributed by atoms with E-state index in [2.05, 4.69) is 6.58 Å². The van der Waals surface area contributed by atoms with E-state index in [1.54, 1.807) is 0 Å². The zero-order valence-corrected chi connectivity index (χ0v) is 20.2. The molecule has 0 aromatic heterocycles. The molecule has 0 aliphatic carbocycles. The first kappa shape index (κ1) is 30.0. The minimum absolute atomic E-state index is 0.340. The Kier molecular flexibility index (Phi) is 33.4.